The van der Waals surface area contributed by atoms with E-state index in [1.165, 1.54) is 11.6 Å². The summed E-state index contributed by atoms with van der Waals surface area (Å²) >= 11 is 0. The summed E-state index contributed by atoms with van der Waals surface area (Å²) in [5, 5.41) is 24.8. The van der Waals surface area contributed by atoms with Gasteiger partial charge in [-0.2, -0.15) is 0 Å². The van der Waals surface area contributed by atoms with Crippen molar-refractivity contribution in [2.75, 3.05) is 25.6 Å². The Morgan fingerprint density at radius 3 is 2.28 bits per heavy atom. The first-order valence-electron chi connectivity index (χ1n) is 14.3. The Morgan fingerprint density at radius 2 is 1.60 bits per heavy atom. The van der Waals surface area contributed by atoms with Crippen molar-refractivity contribution in [1.82, 2.24) is 20.2 Å². The first-order chi connectivity index (χ1) is 20.9. The lowest BCUT2D eigenvalue weighted by Gasteiger charge is -2.14. The zero-order chi connectivity index (χ0) is 30.6. The van der Waals surface area contributed by atoms with Crippen LogP contribution in [0.4, 0.5) is 5.69 Å². The second-order valence-electron chi connectivity index (χ2n) is 9.99. The minimum atomic E-state index is -0.416. The van der Waals surface area contributed by atoms with Crippen LogP contribution in [-0.4, -0.2) is 57.3 Å². The van der Waals surface area contributed by atoms with Crippen LogP contribution in [0, 0.1) is 0 Å². The Bertz CT molecular complexity index is 1500. The third-order valence-corrected chi connectivity index (χ3v) is 6.77. The fourth-order valence-corrected chi connectivity index (χ4v) is 4.48. The average molecular weight is 588 g/mol. The zero-order valence-corrected chi connectivity index (χ0v) is 24.7. The highest BCUT2D eigenvalue weighted by atomic mass is 16.5. The molecule has 11 heteroatoms. The van der Waals surface area contributed by atoms with Gasteiger partial charge < -0.3 is 24.6 Å². The van der Waals surface area contributed by atoms with Crippen LogP contribution in [0.15, 0.2) is 60.7 Å². The minimum absolute atomic E-state index is 0.0239. The van der Waals surface area contributed by atoms with E-state index in [0.29, 0.717) is 54.5 Å². The quantitative estimate of drug-likeness (QED) is 0.129. The highest BCUT2D eigenvalue weighted by molar-refractivity contribution is 6.01. The molecule has 1 aromatic heterocycles. The maximum absolute atomic E-state index is 12.8. The van der Waals surface area contributed by atoms with Crippen molar-refractivity contribution in [1.29, 1.82) is 0 Å². The van der Waals surface area contributed by atoms with Crippen molar-refractivity contribution < 1.29 is 28.9 Å². The number of hydrogen-bond donors (Lipinski definition) is 2. The van der Waals surface area contributed by atoms with Gasteiger partial charge in [0.1, 0.15) is 23.0 Å². The molecule has 3 aromatic carbocycles. The maximum atomic E-state index is 12.8. The SMILES string of the molecule is CCCc1c(OCCCCCOc2ccc(NC(=O)c3nnnn3Cc3ccc(OC)cc3)cc2)ccc(C(C)=O)c1O. The number of carbonyl (C=O) groups is 2. The van der Waals surface area contributed by atoms with Crippen molar-refractivity contribution in [2.24, 2.45) is 0 Å². The van der Waals surface area contributed by atoms with Crippen LogP contribution in [0.2, 0.25) is 0 Å². The molecule has 0 saturated heterocycles. The number of methoxy groups -OCH3 is 1. The van der Waals surface area contributed by atoms with Gasteiger partial charge in [0.15, 0.2) is 5.78 Å². The summed E-state index contributed by atoms with van der Waals surface area (Å²) in [7, 11) is 1.60. The Kier molecular flexibility index (Phi) is 11.1. The van der Waals surface area contributed by atoms with Crippen molar-refractivity contribution >= 4 is 17.4 Å². The highest BCUT2D eigenvalue weighted by Crippen LogP contribution is 2.33. The second kappa shape index (κ2) is 15.3. The predicted octanol–water partition coefficient (Wildman–Crippen LogP) is 5.47. The van der Waals surface area contributed by atoms with Gasteiger partial charge in [0.05, 0.1) is 32.4 Å². The Labute approximate surface area is 250 Å². The lowest BCUT2D eigenvalue weighted by Crippen LogP contribution is -2.19. The number of nitrogens with zero attached hydrogens (tertiary/aromatic N) is 4. The van der Waals surface area contributed by atoms with E-state index >= 15 is 0 Å². The van der Waals surface area contributed by atoms with Crippen LogP contribution in [-0.2, 0) is 13.0 Å². The number of rotatable bonds is 16. The monoisotopic (exact) mass is 587 g/mol. The Morgan fingerprint density at radius 1 is 0.907 bits per heavy atom. The number of hydrogen-bond acceptors (Lipinski definition) is 9. The van der Waals surface area contributed by atoms with Gasteiger partial charge in [0, 0.05) is 11.3 Å². The second-order valence-corrected chi connectivity index (χ2v) is 9.99. The number of unbranched alkanes of at least 4 members (excludes halogenated alkanes) is 2. The molecule has 43 heavy (non-hydrogen) atoms. The van der Waals surface area contributed by atoms with E-state index in [9.17, 15) is 14.7 Å². The van der Waals surface area contributed by atoms with E-state index in [4.69, 9.17) is 14.2 Å². The predicted molar refractivity (Wildman–Crippen MR) is 161 cm³/mol. The van der Waals surface area contributed by atoms with Gasteiger partial charge in [0.25, 0.3) is 5.91 Å². The van der Waals surface area contributed by atoms with Gasteiger partial charge in [-0.3, -0.25) is 9.59 Å². The summed E-state index contributed by atoms with van der Waals surface area (Å²) < 4.78 is 18.4. The lowest BCUT2D eigenvalue weighted by atomic mass is 10.0. The van der Waals surface area contributed by atoms with Crippen LogP contribution in [0.5, 0.6) is 23.0 Å². The highest BCUT2D eigenvalue weighted by Gasteiger charge is 2.17. The molecule has 0 fully saturated rings. The summed E-state index contributed by atoms with van der Waals surface area (Å²) in [6, 6.07) is 18.0. The Hall–Kier alpha value is -4.93. The number of ether oxygens (including phenoxy) is 3. The molecule has 4 aromatic rings. The number of tetrazole rings is 1. The summed E-state index contributed by atoms with van der Waals surface area (Å²) in [4.78, 5) is 24.5. The van der Waals surface area contributed by atoms with Crippen LogP contribution in [0.3, 0.4) is 0 Å². The zero-order valence-electron chi connectivity index (χ0n) is 24.7. The van der Waals surface area contributed by atoms with Gasteiger partial charge in [-0.15, -0.1) is 5.10 Å². The number of nitrogens with one attached hydrogen (secondary N) is 1. The average Bonchev–Trinajstić information content (AvgIpc) is 3.47. The molecule has 0 spiro atoms. The molecule has 4 rings (SSSR count). The van der Waals surface area contributed by atoms with Crippen molar-refractivity contribution in [3.63, 3.8) is 0 Å². The summed E-state index contributed by atoms with van der Waals surface area (Å²) in [6.07, 6.45) is 4.05. The molecule has 0 aliphatic heterocycles. The summed E-state index contributed by atoms with van der Waals surface area (Å²) in [5.74, 6) is 1.61. The number of ketones is 1. The van der Waals surface area contributed by atoms with Gasteiger partial charge >= 0.3 is 0 Å². The minimum Gasteiger partial charge on any atom is -0.507 e. The lowest BCUT2D eigenvalue weighted by molar-refractivity contribution is 0.100. The molecule has 2 N–H and O–H groups in total. The van der Waals surface area contributed by atoms with E-state index in [1.807, 2.05) is 31.2 Å². The number of phenolic OH excluding ortho intramolecular Hbond substituents is 1. The first-order valence-corrected chi connectivity index (χ1v) is 14.3. The molecule has 0 aliphatic carbocycles. The van der Waals surface area contributed by atoms with Gasteiger partial charge in [-0.1, -0.05) is 25.5 Å². The summed E-state index contributed by atoms with van der Waals surface area (Å²) in [5.41, 5.74) is 2.53. The van der Waals surface area contributed by atoms with Gasteiger partial charge in [0.2, 0.25) is 5.82 Å². The smallest absolute Gasteiger partial charge is 0.295 e. The Balaban J connectivity index is 1.18. The van der Waals surface area contributed by atoms with E-state index in [-0.39, 0.29) is 17.4 Å². The first kappa shape index (κ1) is 31.0. The number of amides is 1. The molecule has 1 amide bonds. The fourth-order valence-electron chi connectivity index (χ4n) is 4.48. The van der Waals surface area contributed by atoms with Gasteiger partial charge in [-0.05, 0) is 97.1 Å². The van der Waals surface area contributed by atoms with Crippen LogP contribution >= 0.6 is 0 Å². The molecule has 0 atom stereocenters. The van der Waals surface area contributed by atoms with E-state index < -0.39 is 5.91 Å². The van der Waals surface area contributed by atoms with Crippen LogP contribution in [0.25, 0.3) is 0 Å². The summed E-state index contributed by atoms with van der Waals surface area (Å²) in [6.45, 7) is 4.86. The molecule has 0 unspecified atom stereocenters. The third kappa shape index (κ3) is 8.54. The number of aromatic nitrogens is 4. The number of carbonyl (C=O) groups excluding carboxylic acids is 2. The number of anilines is 1. The third-order valence-electron chi connectivity index (χ3n) is 6.77. The van der Waals surface area contributed by atoms with Crippen molar-refractivity contribution in [2.45, 2.75) is 52.5 Å². The normalized spacial score (nSPS) is 10.8. The van der Waals surface area contributed by atoms with Crippen molar-refractivity contribution in [3.8, 4) is 23.0 Å². The molecule has 0 radical (unpaired) electrons. The number of aromatic hydroxyl groups is 1. The maximum Gasteiger partial charge on any atom is 0.295 e. The molecule has 1 heterocycles. The standard InChI is InChI=1S/C32H37N5O6/c1-4-8-28-29(18-17-27(22(2)38)30(28)39)43-20-7-5-6-19-42-26-15-11-24(12-16-26)33-32(40)31-34-35-36-37(31)21-23-9-13-25(41-3)14-10-23/h9-18,39H,4-8,19-21H2,1-3H3,(H,33,40). The number of phenols is 1. The van der Waals surface area contributed by atoms with Crippen LogP contribution < -0.4 is 19.5 Å². The molecule has 0 aliphatic rings. The molecular weight excluding hydrogens is 550 g/mol. The van der Waals surface area contributed by atoms with Crippen molar-refractivity contribution in [3.05, 3.63) is 83.2 Å². The van der Waals surface area contributed by atoms with Gasteiger partial charge in [-0.25, -0.2) is 4.68 Å². The topological polar surface area (TPSA) is 138 Å². The molecule has 0 saturated carbocycles. The number of benzene rings is 3. The van der Waals surface area contributed by atoms with E-state index in [0.717, 1.165) is 37.0 Å². The molecule has 11 nitrogen and oxygen atoms in total. The molecule has 0 bridgehead atoms. The van der Waals surface area contributed by atoms with E-state index in [1.54, 1.807) is 43.5 Å². The fraction of sp³-hybridized carbons (Fsp3) is 0.344. The molecular formula is C32H37N5O6. The van der Waals surface area contributed by atoms with E-state index in [2.05, 4.69) is 20.8 Å². The number of Topliss-reactive ketones (excluding diaryl/α,β-unsaturated/α-hetero) is 1. The van der Waals surface area contributed by atoms with Crippen LogP contribution in [0.1, 0.15) is 71.6 Å². The molecule has 226 valence electrons. The largest absolute Gasteiger partial charge is 0.507 e.